The van der Waals surface area contributed by atoms with Crippen LogP contribution in [0, 0.1) is 0 Å². The van der Waals surface area contributed by atoms with Crippen molar-refractivity contribution in [2.45, 2.75) is 6.54 Å². The van der Waals surface area contributed by atoms with Crippen molar-refractivity contribution in [1.82, 2.24) is 19.2 Å². The second-order valence-corrected chi connectivity index (χ2v) is 7.64. The lowest BCUT2D eigenvalue weighted by Gasteiger charge is -2.22. The number of ether oxygens (including phenoxy) is 1. The minimum Gasteiger partial charge on any atom is -0.496 e. The van der Waals surface area contributed by atoms with Crippen molar-refractivity contribution in [3.05, 3.63) is 103 Å². The zero-order valence-corrected chi connectivity index (χ0v) is 18.4. The number of aromatic nitrogens is 4. The van der Waals surface area contributed by atoms with Crippen LogP contribution < -0.4 is 9.64 Å². The molecule has 1 amide bonds. The zero-order chi connectivity index (χ0) is 22.8. The molecule has 0 aliphatic carbocycles. The molecule has 0 unspecified atom stereocenters. The molecule has 0 saturated carbocycles. The van der Waals surface area contributed by atoms with Gasteiger partial charge in [-0.1, -0.05) is 36.4 Å². The number of aryl methyl sites for hydroxylation is 1. The number of para-hydroxylation sites is 2. The molecule has 0 fully saturated rings. The number of pyridine rings is 1. The number of carbonyl (C=O) groups excluding carboxylic acids is 1. The predicted octanol–water partition coefficient (Wildman–Crippen LogP) is 4.59. The van der Waals surface area contributed by atoms with E-state index in [-0.39, 0.29) is 5.91 Å². The van der Waals surface area contributed by atoms with Crippen LogP contribution in [0.5, 0.6) is 5.75 Å². The van der Waals surface area contributed by atoms with E-state index in [1.165, 1.54) is 0 Å². The number of methoxy groups -OCH3 is 1. The summed E-state index contributed by atoms with van der Waals surface area (Å²) in [5.74, 6) is 0.559. The molecule has 0 radical (unpaired) electrons. The molecule has 0 bridgehead atoms. The first-order chi connectivity index (χ1) is 16.2. The van der Waals surface area contributed by atoms with Crippen LogP contribution in [0.25, 0.3) is 16.9 Å². The number of imidazole rings is 1. The third-order valence-electron chi connectivity index (χ3n) is 5.61. The third kappa shape index (κ3) is 3.85. The number of anilines is 1. The maximum absolute atomic E-state index is 13.8. The smallest absolute Gasteiger partial charge is 0.276 e. The fourth-order valence-electron chi connectivity index (χ4n) is 3.95. The van der Waals surface area contributed by atoms with E-state index in [0.29, 0.717) is 23.7 Å². The lowest BCUT2D eigenvalue weighted by molar-refractivity contribution is 0.0975. The first kappa shape index (κ1) is 20.5. The van der Waals surface area contributed by atoms with E-state index in [0.717, 1.165) is 22.6 Å². The van der Waals surface area contributed by atoms with Crippen LogP contribution in [0.15, 0.2) is 91.3 Å². The van der Waals surface area contributed by atoms with Crippen molar-refractivity contribution in [2.24, 2.45) is 7.05 Å². The van der Waals surface area contributed by atoms with Crippen LogP contribution >= 0.6 is 0 Å². The first-order valence-electron chi connectivity index (χ1n) is 10.6. The van der Waals surface area contributed by atoms with E-state index in [1.54, 1.807) is 23.7 Å². The molecule has 0 spiro atoms. The summed E-state index contributed by atoms with van der Waals surface area (Å²) in [6, 6.07) is 24.9. The molecule has 7 nitrogen and oxygen atoms in total. The number of hydrogen-bond acceptors (Lipinski definition) is 4. The molecule has 5 aromatic rings. The number of carbonyl (C=O) groups is 1. The van der Waals surface area contributed by atoms with Crippen molar-refractivity contribution in [3.8, 4) is 17.0 Å². The van der Waals surface area contributed by atoms with E-state index < -0.39 is 0 Å². The summed E-state index contributed by atoms with van der Waals surface area (Å²) < 4.78 is 9.10. The Hall–Kier alpha value is -4.39. The average Bonchev–Trinajstić information content (AvgIpc) is 3.46. The van der Waals surface area contributed by atoms with Gasteiger partial charge in [-0.25, -0.2) is 4.98 Å². The van der Waals surface area contributed by atoms with Gasteiger partial charge in [0.1, 0.15) is 17.1 Å². The first-order valence-corrected chi connectivity index (χ1v) is 10.6. The van der Waals surface area contributed by atoms with Crippen molar-refractivity contribution < 1.29 is 9.53 Å². The Labute approximate surface area is 191 Å². The topological polar surface area (TPSA) is 64.7 Å². The SMILES string of the molecule is COc1ccccc1-c1cc(C(=O)N(Cc2cnc3ccccn23)c2ccccc2)n(C)n1. The van der Waals surface area contributed by atoms with Gasteiger partial charge in [0, 0.05) is 24.5 Å². The molecule has 0 aliphatic rings. The second-order valence-electron chi connectivity index (χ2n) is 7.64. The summed E-state index contributed by atoms with van der Waals surface area (Å²) >= 11 is 0. The number of amides is 1. The van der Waals surface area contributed by atoms with E-state index in [4.69, 9.17) is 4.74 Å². The molecule has 3 heterocycles. The highest BCUT2D eigenvalue weighted by atomic mass is 16.5. The van der Waals surface area contributed by atoms with Crippen LogP contribution in [0.2, 0.25) is 0 Å². The predicted molar refractivity (Wildman–Crippen MR) is 127 cm³/mol. The number of rotatable bonds is 6. The highest BCUT2D eigenvalue weighted by Gasteiger charge is 2.24. The molecule has 2 aromatic carbocycles. The van der Waals surface area contributed by atoms with Gasteiger partial charge in [-0.15, -0.1) is 0 Å². The highest BCUT2D eigenvalue weighted by Crippen LogP contribution is 2.30. The van der Waals surface area contributed by atoms with Crippen LogP contribution in [0.3, 0.4) is 0 Å². The molecular formula is C26H23N5O2. The maximum Gasteiger partial charge on any atom is 0.276 e. The fourth-order valence-corrected chi connectivity index (χ4v) is 3.95. The summed E-state index contributed by atoms with van der Waals surface area (Å²) in [7, 11) is 3.41. The van der Waals surface area contributed by atoms with Crippen LogP contribution in [0.1, 0.15) is 16.2 Å². The lowest BCUT2D eigenvalue weighted by atomic mass is 10.1. The van der Waals surface area contributed by atoms with Gasteiger partial charge in [-0.05, 0) is 42.5 Å². The Bertz CT molecular complexity index is 1420. The molecule has 0 saturated heterocycles. The normalized spacial score (nSPS) is 11.0. The van der Waals surface area contributed by atoms with E-state index >= 15 is 0 Å². The van der Waals surface area contributed by atoms with Gasteiger partial charge in [0.15, 0.2) is 0 Å². The van der Waals surface area contributed by atoms with Crippen LogP contribution in [0.4, 0.5) is 5.69 Å². The number of benzene rings is 2. The molecule has 164 valence electrons. The molecule has 3 aromatic heterocycles. The molecule has 7 heteroatoms. The monoisotopic (exact) mass is 437 g/mol. The zero-order valence-electron chi connectivity index (χ0n) is 18.4. The highest BCUT2D eigenvalue weighted by molar-refractivity contribution is 6.05. The molecule has 5 rings (SSSR count). The number of hydrogen-bond donors (Lipinski definition) is 0. The molecule has 33 heavy (non-hydrogen) atoms. The molecule has 0 N–H and O–H groups in total. The number of nitrogens with zero attached hydrogens (tertiary/aromatic N) is 5. The van der Waals surface area contributed by atoms with Gasteiger partial charge in [0.2, 0.25) is 0 Å². The average molecular weight is 438 g/mol. The Morgan fingerprint density at radius 1 is 1.00 bits per heavy atom. The van der Waals surface area contributed by atoms with E-state index in [2.05, 4.69) is 10.1 Å². The lowest BCUT2D eigenvalue weighted by Crippen LogP contribution is -2.32. The quantitative estimate of drug-likeness (QED) is 0.390. The van der Waals surface area contributed by atoms with Crippen molar-refractivity contribution in [1.29, 1.82) is 0 Å². The molecular weight excluding hydrogens is 414 g/mol. The fraction of sp³-hybridized carbons (Fsp3) is 0.115. The van der Waals surface area contributed by atoms with Gasteiger partial charge >= 0.3 is 0 Å². The van der Waals surface area contributed by atoms with Gasteiger partial charge in [-0.2, -0.15) is 5.10 Å². The van der Waals surface area contributed by atoms with Gasteiger partial charge in [0.25, 0.3) is 5.91 Å². The minimum absolute atomic E-state index is 0.150. The molecule has 0 atom stereocenters. The second kappa shape index (κ2) is 8.63. The Morgan fingerprint density at radius 2 is 1.76 bits per heavy atom. The standard InChI is InChI=1S/C26H23N5O2/c1-29-23(16-22(28-29)21-12-6-7-13-24(21)33-2)26(32)31(19-10-4-3-5-11-19)18-20-17-27-25-14-8-9-15-30(20)25/h3-17H,18H2,1-2H3. The Morgan fingerprint density at radius 3 is 2.58 bits per heavy atom. The van der Waals surface area contributed by atoms with Crippen molar-refractivity contribution in [2.75, 3.05) is 12.0 Å². The molecule has 0 aliphatic heterocycles. The van der Waals surface area contributed by atoms with Gasteiger partial charge in [-0.3, -0.25) is 9.48 Å². The van der Waals surface area contributed by atoms with Crippen molar-refractivity contribution >= 4 is 17.2 Å². The minimum atomic E-state index is -0.150. The number of fused-ring (bicyclic) bond motifs is 1. The Balaban J connectivity index is 1.55. The Kier molecular flexibility index (Phi) is 5.36. The van der Waals surface area contributed by atoms with E-state index in [1.807, 2.05) is 95.7 Å². The van der Waals surface area contributed by atoms with Crippen LogP contribution in [-0.4, -0.2) is 32.2 Å². The van der Waals surface area contributed by atoms with Gasteiger partial charge < -0.3 is 14.0 Å². The summed E-state index contributed by atoms with van der Waals surface area (Å²) in [5.41, 5.74) is 4.55. The van der Waals surface area contributed by atoms with Crippen molar-refractivity contribution in [3.63, 3.8) is 0 Å². The summed E-state index contributed by atoms with van der Waals surface area (Å²) in [6.07, 6.45) is 3.76. The van der Waals surface area contributed by atoms with Gasteiger partial charge in [0.05, 0.1) is 31.2 Å². The summed E-state index contributed by atoms with van der Waals surface area (Å²) in [4.78, 5) is 20.1. The van der Waals surface area contributed by atoms with E-state index in [9.17, 15) is 4.79 Å². The largest absolute Gasteiger partial charge is 0.496 e. The summed E-state index contributed by atoms with van der Waals surface area (Å²) in [6.45, 7) is 0.364. The van der Waals surface area contributed by atoms with Crippen LogP contribution in [-0.2, 0) is 13.6 Å². The summed E-state index contributed by atoms with van der Waals surface area (Å²) in [5, 5.41) is 4.61. The third-order valence-corrected chi connectivity index (χ3v) is 5.61. The maximum atomic E-state index is 13.8.